The summed E-state index contributed by atoms with van der Waals surface area (Å²) in [5.74, 6) is -0.0463. The Labute approximate surface area is 194 Å². The molecule has 0 spiro atoms. The van der Waals surface area contributed by atoms with Crippen molar-refractivity contribution in [1.29, 1.82) is 5.41 Å². The molecule has 1 aliphatic heterocycles. The molecule has 0 saturated carbocycles. The van der Waals surface area contributed by atoms with Gasteiger partial charge in [-0.25, -0.2) is 4.79 Å². The molecule has 1 fully saturated rings. The standard InChI is InChI=1S/C24H30ClN5O2/c1-16-15-30(17(2)14-29(16)21-10-9-20(12-26)22(25)11-21)24(32)27-13-18-5-7-19(8-6-18)23(31)28(3)4/h5-12,16-17,26H,13-15H2,1-4H3,(H,27,32)/t16-,17+/m0/s1. The molecule has 8 heteroatoms. The molecule has 32 heavy (non-hydrogen) atoms. The summed E-state index contributed by atoms with van der Waals surface area (Å²) in [7, 11) is 3.44. The number of halogens is 1. The van der Waals surface area contributed by atoms with Crippen LogP contribution in [0.5, 0.6) is 0 Å². The largest absolute Gasteiger partial charge is 0.365 e. The number of nitrogens with one attached hydrogen (secondary N) is 2. The van der Waals surface area contributed by atoms with E-state index in [4.69, 9.17) is 17.0 Å². The highest BCUT2D eigenvalue weighted by Gasteiger charge is 2.32. The predicted molar refractivity (Wildman–Crippen MR) is 129 cm³/mol. The Morgan fingerprint density at radius 1 is 1.12 bits per heavy atom. The number of anilines is 1. The average molecular weight is 456 g/mol. The summed E-state index contributed by atoms with van der Waals surface area (Å²) >= 11 is 6.28. The normalized spacial score (nSPS) is 18.3. The van der Waals surface area contributed by atoms with Gasteiger partial charge in [-0.15, -0.1) is 0 Å². The molecule has 2 N–H and O–H groups in total. The first-order valence-electron chi connectivity index (χ1n) is 10.6. The van der Waals surface area contributed by atoms with Crippen molar-refractivity contribution in [1.82, 2.24) is 15.1 Å². The minimum atomic E-state index is -0.102. The molecule has 1 saturated heterocycles. The number of piperazine rings is 1. The van der Waals surface area contributed by atoms with Crippen molar-refractivity contribution < 1.29 is 9.59 Å². The van der Waals surface area contributed by atoms with Gasteiger partial charge in [-0.3, -0.25) is 4.79 Å². The van der Waals surface area contributed by atoms with Crippen LogP contribution in [0.2, 0.25) is 5.02 Å². The fourth-order valence-electron chi connectivity index (χ4n) is 3.88. The zero-order valence-electron chi connectivity index (χ0n) is 18.9. The van der Waals surface area contributed by atoms with Gasteiger partial charge in [0.1, 0.15) is 0 Å². The predicted octanol–water partition coefficient (Wildman–Crippen LogP) is 3.85. The fraction of sp³-hybridized carbons (Fsp3) is 0.375. The van der Waals surface area contributed by atoms with Gasteiger partial charge in [-0.1, -0.05) is 23.7 Å². The van der Waals surface area contributed by atoms with E-state index in [1.54, 1.807) is 26.2 Å². The molecule has 0 bridgehead atoms. The van der Waals surface area contributed by atoms with Crippen LogP contribution < -0.4 is 10.2 Å². The van der Waals surface area contributed by atoms with E-state index < -0.39 is 0 Å². The van der Waals surface area contributed by atoms with Crippen molar-refractivity contribution >= 4 is 35.4 Å². The molecule has 2 aromatic carbocycles. The van der Waals surface area contributed by atoms with Gasteiger partial charge < -0.3 is 25.4 Å². The zero-order valence-corrected chi connectivity index (χ0v) is 19.7. The number of nitrogens with zero attached hydrogens (tertiary/aromatic N) is 3. The molecule has 0 aromatic heterocycles. The second-order valence-electron chi connectivity index (χ2n) is 8.41. The number of carbonyl (C=O) groups excluding carboxylic acids is 2. The molecule has 2 aromatic rings. The number of benzene rings is 2. The summed E-state index contributed by atoms with van der Waals surface area (Å²) in [5.41, 5.74) is 3.24. The van der Waals surface area contributed by atoms with Gasteiger partial charge >= 0.3 is 6.03 Å². The monoisotopic (exact) mass is 455 g/mol. The van der Waals surface area contributed by atoms with Crippen molar-refractivity contribution in [2.24, 2.45) is 0 Å². The van der Waals surface area contributed by atoms with Crippen LogP contribution in [-0.2, 0) is 6.54 Å². The summed E-state index contributed by atoms with van der Waals surface area (Å²) in [6.45, 7) is 5.80. The van der Waals surface area contributed by atoms with Gasteiger partial charge in [-0.05, 0) is 49.7 Å². The molecular weight excluding hydrogens is 426 g/mol. The van der Waals surface area contributed by atoms with Gasteiger partial charge in [0, 0.05) is 68.8 Å². The maximum Gasteiger partial charge on any atom is 0.318 e. The Kier molecular flexibility index (Phi) is 7.40. The molecule has 1 aliphatic rings. The number of urea groups is 1. The maximum atomic E-state index is 12.9. The van der Waals surface area contributed by atoms with Gasteiger partial charge in [0.15, 0.2) is 0 Å². The summed E-state index contributed by atoms with van der Waals surface area (Å²) in [5, 5.41) is 11.0. The second-order valence-corrected chi connectivity index (χ2v) is 8.82. The Morgan fingerprint density at radius 3 is 2.41 bits per heavy atom. The van der Waals surface area contributed by atoms with E-state index >= 15 is 0 Å². The van der Waals surface area contributed by atoms with E-state index in [1.165, 1.54) is 11.1 Å². The van der Waals surface area contributed by atoms with Crippen LogP contribution in [0.3, 0.4) is 0 Å². The lowest BCUT2D eigenvalue weighted by atomic mass is 10.1. The van der Waals surface area contributed by atoms with Crippen LogP contribution >= 0.6 is 11.6 Å². The smallest absolute Gasteiger partial charge is 0.318 e. The number of hydrogen-bond donors (Lipinski definition) is 2. The van der Waals surface area contributed by atoms with E-state index in [-0.39, 0.29) is 24.0 Å². The molecule has 0 radical (unpaired) electrons. The number of carbonyl (C=O) groups is 2. The molecule has 2 atom stereocenters. The lowest BCUT2D eigenvalue weighted by molar-refractivity contribution is 0.0827. The third-order valence-corrected chi connectivity index (χ3v) is 6.10. The number of rotatable bonds is 5. The first-order chi connectivity index (χ1) is 15.2. The lowest BCUT2D eigenvalue weighted by Crippen LogP contribution is -2.60. The van der Waals surface area contributed by atoms with Crippen LogP contribution in [0, 0.1) is 5.41 Å². The third-order valence-electron chi connectivity index (χ3n) is 5.77. The molecule has 1 heterocycles. The van der Waals surface area contributed by atoms with E-state index in [0.29, 0.717) is 35.8 Å². The Bertz CT molecular complexity index is 992. The van der Waals surface area contributed by atoms with E-state index in [1.807, 2.05) is 42.2 Å². The Hall–Kier alpha value is -3.06. The Morgan fingerprint density at radius 2 is 1.81 bits per heavy atom. The minimum Gasteiger partial charge on any atom is -0.365 e. The summed E-state index contributed by atoms with van der Waals surface area (Å²) in [4.78, 5) is 30.5. The minimum absolute atomic E-state index is 0.0208. The average Bonchev–Trinajstić information content (AvgIpc) is 2.78. The van der Waals surface area contributed by atoms with Crippen molar-refractivity contribution in [2.75, 3.05) is 32.1 Å². The van der Waals surface area contributed by atoms with E-state index in [2.05, 4.69) is 17.1 Å². The van der Waals surface area contributed by atoms with Crippen molar-refractivity contribution in [3.05, 3.63) is 64.2 Å². The summed E-state index contributed by atoms with van der Waals surface area (Å²) in [6.07, 6.45) is 1.24. The lowest BCUT2D eigenvalue weighted by Gasteiger charge is -2.45. The highest BCUT2D eigenvalue weighted by molar-refractivity contribution is 6.33. The number of hydrogen-bond acceptors (Lipinski definition) is 4. The molecule has 0 aliphatic carbocycles. The molecular formula is C24H30ClN5O2. The summed E-state index contributed by atoms with van der Waals surface area (Å²) < 4.78 is 0. The fourth-order valence-corrected chi connectivity index (χ4v) is 4.11. The molecule has 3 amide bonds. The maximum absolute atomic E-state index is 12.9. The van der Waals surface area contributed by atoms with Gasteiger partial charge in [0.25, 0.3) is 5.91 Å². The first-order valence-corrected chi connectivity index (χ1v) is 11.0. The molecule has 0 unspecified atom stereocenters. The number of amides is 3. The van der Waals surface area contributed by atoms with Crippen LogP contribution in [0.25, 0.3) is 0 Å². The Balaban J connectivity index is 1.60. The van der Waals surface area contributed by atoms with Crippen molar-refractivity contribution in [3.63, 3.8) is 0 Å². The van der Waals surface area contributed by atoms with Crippen molar-refractivity contribution in [2.45, 2.75) is 32.5 Å². The van der Waals surface area contributed by atoms with Crippen LogP contribution in [0.1, 0.15) is 35.3 Å². The molecule has 7 nitrogen and oxygen atoms in total. The van der Waals surface area contributed by atoms with Crippen LogP contribution in [0.15, 0.2) is 42.5 Å². The summed E-state index contributed by atoms with van der Waals surface area (Å²) in [6, 6.07) is 13.0. The van der Waals surface area contributed by atoms with E-state index in [9.17, 15) is 9.59 Å². The second kappa shape index (κ2) is 10.0. The van der Waals surface area contributed by atoms with E-state index in [0.717, 1.165) is 11.3 Å². The van der Waals surface area contributed by atoms with Crippen LogP contribution in [-0.4, -0.2) is 67.2 Å². The highest BCUT2D eigenvalue weighted by atomic mass is 35.5. The van der Waals surface area contributed by atoms with Gasteiger partial charge in [0.05, 0.1) is 5.02 Å². The van der Waals surface area contributed by atoms with Gasteiger partial charge in [-0.2, -0.15) is 0 Å². The SMILES string of the molecule is C[C@@H]1CN(c2ccc(C=N)c(Cl)c2)[C@@H](C)CN1C(=O)NCc1ccc(C(=O)N(C)C)cc1. The molecule has 3 rings (SSSR count). The first kappa shape index (κ1) is 23.6. The zero-order chi connectivity index (χ0) is 23.4. The topological polar surface area (TPSA) is 79.7 Å². The quantitative estimate of drug-likeness (QED) is 0.672. The van der Waals surface area contributed by atoms with Crippen LogP contribution in [0.4, 0.5) is 10.5 Å². The van der Waals surface area contributed by atoms with Gasteiger partial charge in [0.2, 0.25) is 0 Å². The third kappa shape index (κ3) is 5.22. The highest BCUT2D eigenvalue weighted by Crippen LogP contribution is 2.27. The van der Waals surface area contributed by atoms with Crippen molar-refractivity contribution in [3.8, 4) is 0 Å². The molecule has 170 valence electrons.